The minimum Gasteiger partial charge on any atom is -0.497 e. The fourth-order valence-electron chi connectivity index (χ4n) is 4.54. The number of benzene rings is 3. The lowest BCUT2D eigenvalue weighted by Crippen LogP contribution is -2.40. The largest absolute Gasteiger partial charge is 0.497 e. The third kappa shape index (κ3) is 5.34. The fourth-order valence-corrected chi connectivity index (χ4v) is 4.72. The standard InChI is InChI=1S/C28H28ClNO8/c1-34-18-10-8-16(23(13-18)36-3)15-30-21-11-9-17(29)12-20(21)26(38-24(28(30)33)14-25(31)32)19-6-5-7-22(35-2)27(19)37-4/h5-13,24,26H,14-15H2,1-4H3,(H,31,32). The predicted molar refractivity (Wildman–Crippen MR) is 141 cm³/mol. The predicted octanol–water partition coefficient (Wildman–Crippen LogP) is 4.87. The molecule has 38 heavy (non-hydrogen) atoms. The molecule has 2 atom stereocenters. The molecule has 1 aliphatic heterocycles. The van der Waals surface area contributed by atoms with Gasteiger partial charge in [0.1, 0.15) is 23.7 Å². The van der Waals surface area contributed by atoms with Crippen molar-refractivity contribution in [3.63, 3.8) is 0 Å². The molecule has 4 rings (SSSR count). The van der Waals surface area contributed by atoms with Gasteiger partial charge in [-0.1, -0.05) is 23.7 Å². The molecule has 3 aromatic carbocycles. The lowest BCUT2D eigenvalue weighted by Gasteiger charge is -2.26. The van der Waals surface area contributed by atoms with Crippen LogP contribution in [0.15, 0.2) is 54.6 Å². The van der Waals surface area contributed by atoms with E-state index >= 15 is 0 Å². The van der Waals surface area contributed by atoms with E-state index < -0.39 is 30.5 Å². The maximum atomic E-state index is 13.9. The number of carbonyl (C=O) groups is 2. The lowest BCUT2D eigenvalue weighted by atomic mass is 9.97. The van der Waals surface area contributed by atoms with Crippen molar-refractivity contribution < 1.29 is 38.4 Å². The number of fused-ring (bicyclic) bond motifs is 1. The van der Waals surface area contributed by atoms with E-state index in [0.717, 1.165) is 0 Å². The molecule has 0 radical (unpaired) electrons. The van der Waals surface area contributed by atoms with Gasteiger partial charge in [0, 0.05) is 27.8 Å². The molecule has 1 aliphatic rings. The SMILES string of the molecule is COc1ccc(CN2C(=O)C(CC(=O)O)OC(c3cccc(OC)c3OC)c3cc(Cl)ccc32)c(OC)c1. The van der Waals surface area contributed by atoms with Crippen molar-refractivity contribution in [3.8, 4) is 23.0 Å². The van der Waals surface area contributed by atoms with E-state index in [1.54, 1.807) is 61.7 Å². The number of amides is 1. The van der Waals surface area contributed by atoms with E-state index in [9.17, 15) is 14.7 Å². The summed E-state index contributed by atoms with van der Waals surface area (Å²) in [6.07, 6.45) is -2.73. The molecular formula is C28H28ClNO8. The van der Waals surface area contributed by atoms with Crippen molar-refractivity contribution in [3.05, 3.63) is 76.3 Å². The Kier molecular flexibility index (Phi) is 8.29. The zero-order valence-electron chi connectivity index (χ0n) is 21.4. The molecule has 1 N–H and O–H groups in total. The van der Waals surface area contributed by atoms with E-state index in [-0.39, 0.29) is 6.54 Å². The average Bonchev–Trinajstić information content (AvgIpc) is 3.02. The molecule has 200 valence electrons. The Bertz CT molecular complexity index is 1340. The third-order valence-electron chi connectivity index (χ3n) is 6.30. The van der Waals surface area contributed by atoms with Gasteiger partial charge in [0.05, 0.1) is 47.1 Å². The summed E-state index contributed by atoms with van der Waals surface area (Å²) in [6.45, 7) is 0.0854. The molecule has 0 aromatic heterocycles. The summed E-state index contributed by atoms with van der Waals surface area (Å²) in [5.41, 5.74) is 2.33. The van der Waals surface area contributed by atoms with Gasteiger partial charge in [-0.3, -0.25) is 9.59 Å². The van der Waals surface area contributed by atoms with Gasteiger partial charge in [-0.15, -0.1) is 0 Å². The number of nitrogens with zero attached hydrogens (tertiary/aromatic N) is 1. The monoisotopic (exact) mass is 541 g/mol. The number of hydrogen-bond acceptors (Lipinski definition) is 7. The Morgan fingerprint density at radius 2 is 1.71 bits per heavy atom. The second-order valence-electron chi connectivity index (χ2n) is 8.49. The van der Waals surface area contributed by atoms with Crippen LogP contribution in [0.1, 0.15) is 29.2 Å². The maximum Gasteiger partial charge on any atom is 0.306 e. The first kappa shape index (κ1) is 27.1. The number of para-hydroxylation sites is 1. The summed E-state index contributed by atoms with van der Waals surface area (Å²) < 4.78 is 28.2. The second-order valence-corrected chi connectivity index (χ2v) is 8.93. The highest BCUT2D eigenvalue weighted by molar-refractivity contribution is 6.30. The first-order chi connectivity index (χ1) is 18.3. The Hall–Kier alpha value is -3.95. The number of carbonyl (C=O) groups excluding carboxylic acids is 1. The molecule has 0 fully saturated rings. The minimum absolute atomic E-state index is 0.0854. The molecule has 9 nitrogen and oxygen atoms in total. The van der Waals surface area contributed by atoms with Crippen LogP contribution >= 0.6 is 11.6 Å². The van der Waals surface area contributed by atoms with Crippen LogP contribution in [0.5, 0.6) is 23.0 Å². The van der Waals surface area contributed by atoms with Crippen LogP contribution < -0.4 is 23.8 Å². The third-order valence-corrected chi connectivity index (χ3v) is 6.54. The normalized spacial score (nSPS) is 16.9. The summed E-state index contributed by atoms with van der Waals surface area (Å²) in [5.74, 6) is 0.278. The van der Waals surface area contributed by atoms with Gasteiger partial charge in [0.15, 0.2) is 11.5 Å². The van der Waals surface area contributed by atoms with Crippen molar-refractivity contribution in [2.24, 2.45) is 0 Å². The number of carboxylic acids is 1. The Balaban J connectivity index is 1.91. The van der Waals surface area contributed by atoms with E-state index in [4.69, 9.17) is 35.3 Å². The first-order valence-corrected chi connectivity index (χ1v) is 12.1. The van der Waals surface area contributed by atoms with Crippen LogP contribution in [0.2, 0.25) is 5.02 Å². The van der Waals surface area contributed by atoms with Crippen molar-refractivity contribution in [2.45, 2.75) is 25.2 Å². The highest BCUT2D eigenvalue weighted by Gasteiger charge is 2.39. The van der Waals surface area contributed by atoms with Crippen LogP contribution in [-0.2, 0) is 20.9 Å². The van der Waals surface area contributed by atoms with Crippen molar-refractivity contribution in [1.29, 1.82) is 0 Å². The number of hydrogen-bond donors (Lipinski definition) is 1. The van der Waals surface area contributed by atoms with E-state index in [0.29, 0.717) is 50.4 Å². The van der Waals surface area contributed by atoms with Crippen LogP contribution in [0.25, 0.3) is 0 Å². The van der Waals surface area contributed by atoms with Crippen LogP contribution in [0.3, 0.4) is 0 Å². The molecule has 2 unspecified atom stereocenters. The quantitative estimate of drug-likeness (QED) is 0.409. The number of ether oxygens (including phenoxy) is 5. The number of halogens is 1. The molecule has 0 saturated heterocycles. The van der Waals surface area contributed by atoms with Gasteiger partial charge in [-0.2, -0.15) is 0 Å². The van der Waals surface area contributed by atoms with E-state index in [1.165, 1.54) is 26.2 Å². The van der Waals surface area contributed by atoms with Crippen molar-refractivity contribution >= 4 is 29.2 Å². The topological polar surface area (TPSA) is 104 Å². The molecule has 0 spiro atoms. The summed E-state index contributed by atoms with van der Waals surface area (Å²) in [4.78, 5) is 27.2. The van der Waals surface area contributed by atoms with Gasteiger partial charge >= 0.3 is 5.97 Å². The van der Waals surface area contributed by atoms with Crippen LogP contribution in [0, 0.1) is 0 Å². The smallest absolute Gasteiger partial charge is 0.306 e. The Morgan fingerprint density at radius 3 is 2.37 bits per heavy atom. The summed E-state index contributed by atoms with van der Waals surface area (Å²) >= 11 is 6.42. The Morgan fingerprint density at radius 1 is 0.947 bits per heavy atom. The van der Waals surface area contributed by atoms with Gasteiger partial charge in [-0.25, -0.2) is 0 Å². The highest BCUT2D eigenvalue weighted by Crippen LogP contribution is 2.45. The maximum absolute atomic E-state index is 13.9. The average molecular weight is 542 g/mol. The minimum atomic E-state index is -1.30. The molecule has 0 bridgehead atoms. The molecule has 3 aromatic rings. The summed E-state index contributed by atoms with van der Waals surface area (Å²) in [7, 11) is 6.09. The van der Waals surface area contributed by atoms with Gasteiger partial charge < -0.3 is 33.7 Å². The molecule has 10 heteroatoms. The zero-order valence-corrected chi connectivity index (χ0v) is 22.2. The summed E-state index contributed by atoms with van der Waals surface area (Å²) in [5, 5.41) is 10.1. The van der Waals surface area contributed by atoms with Crippen LogP contribution in [0.4, 0.5) is 5.69 Å². The molecule has 0 saturated carbocycles. The van der Waals surface area contributed by atoms with E-state index in [2.05, 4.69) is 0 Å². The second kappa shape index (κ2) is 11.6. The number of rotatable bonds is 9. The zero-order chi connectivity index (χ0) is 27.4. The number of anilines is 1. The molecule has 1 amide bonds. The van der Waals surface area contributed by atoms with Crippen molar-refractivity contribution in [2.75, 3.05) is 33.3 Å². The molecule has 0 aliphatic carbocycles. The number of methoxy groups -OCH3 is 4. The lowest BCUT2D eigenvalue weighted by molar-refractivity contribution is -0.147. The fraction of sp³-hybridized carbons (Fsp3) is 0.286. The number of carboxylic acid groups (broad SMARTS) is 1. The van der Waals surface area contributed by atoms with E-state index in [1.807, 2.05) is 0 Å². The number of aliphatic carboxylic acids is 1. The molecule has 1 heterocycles. The van der Waals surface area contributed by atoms with Crippen molar-refractivity contribution in [1.82, 2.24) is 0 Å². The van der Waals surface area contributed by atoms with Crippen LogP contribution in [-0.4, -0.2) is 51.5 Å². The van der Waals surface area contributed by atoms with Gasteiger partial charge in [0.2, 0.25) is 0 Å². The highest BCUT2D eigenvalue weighted by atomic mass is 35.5. The Labute approximate surface area is 225 Å². The van der Waals surface area contributed by atoms with Gasteiger partial charge in [-0.05, 0) is 36.4 Å². The van der Waals surface area contributed by atoms with Gasteiger partial charge in [0.25, 0.3) is 5.91 Å². The first-order valence-electron chi connectivity index (χ1n) is 11.7. The summed E-state index contributed by atoms with van der Waals surface area (Å²) in [6, 6.07) is 15.6. The molecular weight excluding hydrogens is 514 g/mol.